The van der Waals surface area contributed by atoms with Crippen LogP contribution in [0.1, 0.15) is 77.1 Å². The summed E-state index contributed by atoms with van der Waals surface area (Å²) in [6, 6.07) is 13.1. The first kappa shape index (κ1) is 27.6. The Labute approximate surface area is 230 Å². The summed E-state index contributed by atoms with van der Waals surface area (Å²) in [5.41, 5.74) is 3.28. The third-order valence-corrected chi connectivity index (χ3v) is 8.82. The molecule has 0 bridgehead atoms. The molecular weight excluding hydrogens is 502 g/mol. The summed E-state index contributed by atoms with van der Waals surface area (Å²) in [6.45, 7) is 14.9. The quantitative estimate of drug-likeness (QED) is 0.244. The lowest BCUT2D eigenvalue weighted by Crippen LogP contribution is -2.51. The van der Waals surface area contributed by atoms with Crippen molar-refractivity contribution < 1.29 is 19.1 Å². The van der Waals surface area contributed by atoms with E-state index in [-0.39, 0.29) is 34.3 Å². The van der Waals surface area contributed by atoms with E-state index in [4.69, 9.17) is 21.7 Å². The normalized spacial score (nSPS) is 22.5. The van der Waals surface area contributed by atoms with Gasteiger partial charge in [-0.1, -0.05) is 65.0 Å². The molecule has 0 saturated carbocycles. The van der Waals surface area contributed by atoms with Gasteiger partial charge in [-0.15, -0.1) is 11.8 Å². The highest BCUT2D eigenvalue weighted by Crippen LogP contribution is 2.49. The number of thiocarbonyl (C=S) groups is 1. The van der Waals surface area contributed by atoms with E-state index in [1.54, 1.807) is 6.92 Å². The van der Waals surface area contributed by atoms with Crippen molar-refractivity contribution in [3.63, 3.8) is 0 Å². The summed E-state index contributed by atoms with van der Waals surface area (Å²) in [6.07, 6.45) is 1.88. The second kappa shape index (κ2) is 10.1. The molecule has 2 aliphatic rings. The number of hydrogen-bond acceptors (Lipinski definition) is 6. The molecule has 0 spiro atoms. The minimum atomic E-state index is -1.16. The maximum Gasteiger partial charge on any atom is 0.333 e. The van der Waals surface area contributed by atoms with E-state index >= 15 is 0 Å². The number of thioether (sulfide) groups is 1. The molecule has 37 heavy (non-hydrogen) atoms. The van der Waals surface area contributed by atoms with Gasteiger partial charge in [0.1, 0.15) is 0 Å². The average molecular weight is 540 g/mol. The molecule has 198 valence electrons. The van der Waals surface area contributed by atoms with Gasteiger partial charge in [-0.2, -0.15) is 0 Å². The van der Waals surface area contributed by atoms with Crippen molar-refractivity contribution in [1.82, 2.24) is 4.90 Å². The molecule has 0 aromatic heterocycles. The first-order chi connectivity index (χ1) is 17.3. The minimum absolute atomic E-state index is 0.00205. The van der Waals surface area contributed by atoms with Crippen molar-refractivity contribution >= 4 is 41.0 Å². The van der Waals surface area contributed by atoms with Crippen molar-refractivity contribution in [2.75, 3.05) is 12.4 Å². The predicted octanol–water partition coefficient (Wildman–Crippen LogP) is 6.29. The number of esters is 1. The summed E-state index contributed by atoms with van der Waals surface area (Å²) in [5, 5.41) is 0.0198. The van der Waals surface area contributed by atoms with E-state index < -0.39 is 17.6 Å². The molecule has 1 saturated heterocycles. The van der Waals surface area contributed by atoms with Gasteiger partial charge in [0, 0.05) is 10.5 Å². The largest absolute Gasteiger partial charge is 0.464 e. The molecule has 0 N–H and O–H groups in total. The maximum atomic E-state index is 13.6. The first-order valence-electron chi connectivity index (χ1n) is 12.9. The smallest absolute Gasteiger partial charge is 0.333 e. The monoisotopic (exact) mass is 539 g/mol. The lowest BCUT2D eigenvalue weighted by atomic mass is 9.76. The molecule has 1 heterocycles. The summed E-state index contributed by atoms with van der Waals surface area (Å²) in [4.78, 5) is 29.4. The van der Waals surface area contributed by atoms with Crippen molar-refractivity contribution in [3.8, 4) is 0 Å². The number of amides is 1. The van der Waals surface area contributed by atoms with Crippen LogP contribution in [-0.4, -0.2) is 40.4 Å². The molecule has 7 heteroatoms. The Morgan fingerprint density at radius 1 is 1.14 bits per heavy atom. The van der Waals surface area contributed by atoms with E-state index in [0.717, 1.165) is 23.3 Å². The SMILES string of the molecule is CCOC(=O)C1N(C(=O)CSc2ccccc2)C(=S)OC1(C)c1cc(C(C)(C)C)cc2c1CCC2(C)C. The zero-order chi connectivity index (χ0) is 27.2. The Morgan fingerprint density at radius 3 is 2.41 bits per heavy atom. The van der Waals surface area contributed by atoms with E-state index in [1.807, 2.05) is 37.3 Å². The van der Waals surface area contributed by atoms with Crippen LogP contribution in [0, 0.1) is 0 Å². The van der Waals surface area contributed by atoms with Crippen molar-refractivity contribution in [2.45, 2.75) is 88.7 Å². The minimum Gasteiger partial charge on any atom is -0.464 e. The second-order valence-electron chi connectivity index (χ2n) is 11.7. The molecule has 2 aromatic carbocycles. The van der Waals surface area contributed by atoms with Crippen LogP contribution in [0.2, 0.25) is 0 Å². The van der Waals surface area contributed by atoms with Crippen molar-refractivity contribution in [3.05, 3.63) is 64.7 Å². The summed E-state index contributed by atoms with van der Waals surface area (Å²) < 4.78 is 11.9. The van der Waals surface area contributed by atoms with Gasteiger partial charge in [0.25, 0.3) is 5.17 Å². The molecule has 2 aromatic rings. The number of ether oxygens (including phenoxy) is 2. The van der Waals surface area contributed by atoms with Gasteiger partial charge in [-0.3, -0.25) is 9.69 Å². The highest BCUT2D eigenvalue weighted by atomic mass is 32.2. The van der Waals surface area contributed by atoms with E-state index in [1.165, 1.54) is 33.4 Å². The highest BCUT2D eigenvalue weighted by Gasteiger charge is 2.58. The number of carbonyl (C=O) groups excluding carboxylic acids is 2. The second-order valence-corrected chi connectivity index (χ2v) is 13.1. The van der Waals surface area contributed by atoms with Gasteiger partial charge in [0.15, 0.2) is 11.6 Å². The number of carbonyl (C=O) groups is 2. The molecule has 1 fully saturated rings. The molecule has 4 rings (SSSR count). The number of benzene rings is 2. The van der Waals surface area contributed by atoms with Crippen LogP contribution in [0.25, 0.3) is 0 Å². The Kier molecular flexibility index (Phi) is 7.52. The Bertz CT molecular complexity index is 1220. The fraction of sp³-hybridized carbons (Fsp3) is 0.500. The third kappa shape index (κ3) is 5.17. The van der Waals surface area contributed by atoms with Crippen LogP contribution >= 0.6 is 24.0 Å². The van der Waals surface area contributed by atoms with Crippen LogP contribution < -0.4 is 0 Å². The molecule has 2 unspecified atom stereocenters. The maximum absolute atomic E-state index is 13.6. The van der Waals surface area contributed by atoms with Gasteiger partial charge in [-0.25, -0.2) is 4.79 Å². The lowest BCUT2D eigenvalue weighted by molar-refractivity contribution is -0.155. The van der Waals surface area contributed by atoms with Crippen LogP contribution in [0.4, 0.5) is 0 Å². The van der Waals surface area contributed by atoms with Crippen molar-refractivity contribution in [1.29, 1.82) is 0 Å². The van der Waals surface area contributed by atoms with Gasteiger partial charge < -0.3 is 9.47 Å². The van der Waals surface area contributed by atoms with Gasteiger partial charge in [-0.05, 0) is 78.6 Å². The van der Waals surface area contributed by atoms with Crippen LogP contribution in [0.15, 0.2) is 47.4 Å². The van der Waals surface area contributed by atoms with Crippen LogP contribution in [0.3, 0.4) is 0 Å². The van der Waals surface area contributed by atoms with E-state index in [0.29, 0.717) is 0 Å². The summed E-state index contributed by atoms with van der Waals surface area (Å²) in [5.74, 6) is -0.646. The van der Waals surface area contributed by atoms with Gasteiger partial charge in [0.2, 0.25) is 5.91 Å². The molecule has 5 nitrogen and oxygen atoms in total. The fourth-order valence-corrected chi connectivity index (χ4v) is 6.52. The Hall–Kier alpha value is -2.38. The van der Waals surface area contributed by atoms with Gasteiger partial charge in [0.05, 0.1) is 12.4 Å². The summed E-state index contributed by atoms with van der Waals surface area (Å²) >= 11 is 7.03. The Morgan fingerprint density at radius 2 is 1.78 bits per heavy atom. The molecule has 1 amide bonds. The van der Waals surface area contributed by atoms with Crippen molar-refractivity contribution in [2.24, 2.45) is 0 Å². The first-order valence-corrected chi connectivity index (χ1v) is 14.3. The fourth-order valence-electron chi connectivity index (χ4n) is 5.36. The van der Waals surface area contributed by atoms with E-state index in [2.05, 4.69) is 46.8 Å². The number of fused-ring (bicyclic) bond motifs is 1. The van der Waals surface area contributed by atoms with Crippen LogP contribution in [0.5, 0.6) is 0 Å². The highest BCUT2D eigenvalue weighted by molar-refractivity contribution is 8.00. The molecular formula is C30H37NO4S2. The Balaban J connectivity index is 1.80. The zero-order valence-electron chi connectivity index (χ0n) is 22.8. The average Bonchev–Trinajstić information content (AvgIpc) is 3.29. The van der Waals surface area contributed by atoms with Crippen LogP contribution in [-0.2, 0) is 41.9 Å². The third-order valence-electron chi connectivity index (χ3n) is 7.54. The zero-order valence-corrected chi connectivity index (χ0v) is 24.5. The molecule has 0 radical (unpaired) electrons. The predicted molar refractivity (Wildman–Crippen MR) is 152 cm³/mol. The molecule has 1 aliphatic carbocycles. The topological polar surface area (TPSA) is 55.8 Å². The van der Waals surface area contributed by atoms with Gasteiger partial charge >= 0.3 is 5.97 Å². The molecule has 2 atom stereocenters. The standard InChI is InChI=1S/C30H37NO4S2/c1-8-34-26(33)25-30(7,35-27(36)31(25)24(32)18-37-20-12-10-9-11-13-20)23-17-19(28(2,3)4)16-22-21(23)14-15-29(22,5)6/h9-13,16-17,25H,8,14-15,18H2,1-7H3. The number of rotatable bonds is 6. The van der Waals surface area contributed by atoms with E-state index in [9.17, 15) is 9.59 Å². The number of hydrogen-bond donors (Lipinski definition) is 0. The molecule has 1 aliphatic heterocycles. The summed E-state index contributed by atoms with van der Waals surface area (Å²) in [7, 11) is 0. The number of nitrogens with zero attached hydrogens (tertiary/aromatic N) is 1. The lowest BCUT2D eigenvalue weighted by Gasteiger charge is -2.34.